The number of alkyl halides is 1. The number of anilines is 1. The van der Waals surface area contributed by atoms with E-state index in [1.54, 1.807) is 0 Å². The summed E-state index contributed by atoms with van der Waals surface area (Å²) in [6, 6.07) is 1.38. The fourth-order valence-electron chi connectivity index (χ4n) is 5.23. The van der Waals surface area contributed by atoms with E-state index >= 15 is 0 Å². The van der Waals surface area contributed by atoms with Crippen LogP contribution in [0.15, 0.2) is 16.5 Å². The van der Waals surface area contributed by atoms with Crippen LogP contribution in [0.4, 0.5) is 14.9 Å². The van der Waals surface area contributed by atoms with Gasteiger partial charge in [0.25, 0.3) is 10.0 Å². The molecule has 2 amide bonds. The lowest BCUT2D eigenvalue weighted by Crippen LogP contribution is -2.37. The van der Waals surface area contributed by atoms with E-state index in [1.807, 2.05) is 4.72 Å². The summed E-state index contributed by atoms with van der Waals surface area (Å²) in [5.41, 5.74) is 5.52. The maximum absolute atomic E-state index is 14.7. The van der Waals surface area contributed by atoms with Gasteiger partial charge in [0.05, 0.1) is 0 Å². The molecule has 0 bridgehead atoms. The first kappa shape index (κ1) is 22.0. The minimum Gasteiger partial charge on any atom is -0.307 e. The predicted octanol–water partition coefficient (Wildman–Crippen LogP) is 4.71. The average Bonchev–Trinajstić information content (AvgIpc) is 3.36. The van der Waals surface area contributed by atoms with Crippen molar-refractivity contribution >= 4 is 28.0 Å². The highest BCUT2D eigenvalue weighted by Gasteiger charge is 2.29. The Balaban J connectivity index is 1.58. The van der Waals surface area contributed by atoms with E-state index in [4.69, 9.17) is 5.41 Å². The average molecular weight is 448 g/mol. The van der Waals surface area contributed by atoms with Crippen LogP contribution in [0.2, 0.25) is 0 Å². The molecule has 0 radical (unpaired) electrons. The normalized spacial score (nSPS) is 22.7. The molecule has 8 heteroatoms. The Bertz CT molecular complexity index is 1000. The minimum atomic E-state index is -4.35. The summed E-state index contributed by atoms with van der Waals surface area (Å²) in [4.78, 5) is 12.3. The maximum Gasteiger partial charge on any atom is 0.333 e. The lowest BCUT2D eigenvalue weighted by molar-refractivity contribution is 0.256. The molecule has 168 valence electrons. The first-order valence-corrected chi connectivity index (χ1v) is 12.8. The second-order valence-electron chi connectivity index (χ2n) is 8.75. The van der Waals surface area contributed by atoms with Crippen molar-refractivity contribution in [1.82, 2.24) is 4.72 Å². The smallest absolute Gasteiger partial charge is 0.307 e. The first-order chi connectivity index (χ1) is 14.9. The Hall–Kier alpha value is -2.22. The molecule has 1 aromatic rings. The van der Waals surface area contributed by atoms with Crippen LogP contribution in [-0.2, 0) is 35.7 Å². The summed E-state index contributed by atoms with van der Waals surface area (Å²) in [5.74, 6) is 0. The van der Waals surface area contributed by atoms with Gasteiger partial charge in [0.2, 0.25) is 0 Å². The van der Waals surface area contributed by atoms with Gasteiger partial charge in [-0.3, -0.25) is 0 Å². The SMILES string of the molecule is N=C/C(=C1\CCCCCCC1F)S(=O)(=O)NC(=O)Nc1c2c(cc3c1CCC3)CCC2. The number of allylic oxidation sites excluding steroid dienone is 2. The number of carbonyl (C=O) groups is 1. The highest BCUT2D eigenvalue weighted by molar-refractivity contribution is 7.94. The number of nitrogens with one attached hydrogen (secondary N) is 3. The second kappa shape index (κ2) is 9.10. The number of benzene rings is 1. The molecular formula is C23H30FN3O3S. The van der Waals surface area contributed by atoms with E-state index in [2.05, 4.69) is 11.4 Å². The van der Waals surface area contributed by atoms with Crippen molar-refractivity contribution in [3.8, 4) is 0 Å². The van der Waals surface area contributed by atoms with Gasteiger partial charge in [-0.05, 0) is 85.6 Å². The molecule has 1 atom stereocenters. The second-order valence-corrected chi connectivity index (χ2v) is 10.4. The number of hydrogen-bond acceptors (Lipinski definition) is 4. The summed E-state index contributed by atoms with van der Waals surface area (Å²) < 4.78 is 42.6. The van der Waals surface area contributed by atoms with E-state index in [9.17, 15) is 17.6 Å². The zero-order valence-electron chi connectivity index (χ0n) is 17.7. The topological polar surface area (TPSA) is 99.1 Å². The molecule has 4 rings (SSSR count). The molecule has 3 N–H and O–H groups in total. The summed E-state index contributed by atoms with van der Waals surface area (Å²) >= 11 is 0. The zero-order valence-corrected chi connectivity index (χ0v) is 18.5. The molecule has 0 aliphatic heterocycles. The predicted molar refractivity (Wildman–Crippen MR) is 120 cm³/mol. The molecule has 1 unspecified atom stereocenters. The van der Waals surface area contributed by atoms with Gasteiger partial charge in [0, 0.05) is 11.9 Å². The third-order valence-corrected chi connectivity index (χ3v) is 8.12. The van der Waals surface area contributed by atoms with Gasteiger partial charge >= 0.3 is 6.03 Å². The van der Waals surface area contributed by atoms with Gasteiger partial charge in [0.15, 0.2) is 0 Å². The number of fused-ring (bicyclic) bond motifs is 2. The molecule has 1 saturated carbocycles. The molecule has 1 aromatic carbocycles. The van der Waals surface area contributed by atoms with E-state index in [-0.39, 0.29) is 18.4 Å². The standard InChI is InChI=1S/C23H30FN3O3S/c24-20-12-4-2-1-3-9-19(20)21(14-25)31(29,30)27-23(28)26-22-17-10-5-7-15(17)13-16-8-6-11-18(16)22/h13-14,20,25H,1-12H2,(H2,26,27,28)/b21-19-,25-14?. The number of rotatable bonds is 4. The van der Waals surface area contributed by atoms with E-state index in [0.29, 0.717) is 19.1 Å². The van der Waals surface area contributed by atoms with Crippen molar-refractivity contribution in [3.63, 3.8) is 0 Å². The number of urea groups is 1. The van der Waals surface area contributed by atoms with Crippen LogP contribution in [0, 0.1) is 5.41 Å². The summed E-state index contributed by atoms with van der Waals surface area (Å²) in [7, 11) is -4.35. The molecule has 6 nitrogen and oxygen atoms in total. The monoisotopic (exact) mass is 447 g/mol. The van der Waals surface area contributed by atoms with E-state index < -0.39 is 27.1 Å². The number of sulfonamides is 1. The summed E-state index contributed by atoms with van der Waals surface area (Å²) in [6.45, 7) is 0. The molecular weight excluding hydrogens is 417 g/mol. The number of carbonyl (C=O) groups excluding carboxylic acids is 1. The van der Waals surface area contributed by atoms with Crippen LogP contribution < -0.4 is 10.0 Å². The largest absolute Gasteiger partial charge is 0.333 e. The van der Waals surface area contributed by atoms with Crippen molar-refractivity contribution < 1.29 is 17.6 Å². The first-order valence-electron chi connectivity index (χ1n) is 11.3. The number of hydrogen-bond donors (Lipinski definition) is 3. The van der Waals surface area contributed by atoms with Crippen LogP contribution in [-0.4, -0.2) is 26.8 Å². The van der Waals surface area contributed by atoms with Crippen LogP contribution in [0.3, 0.4) is 0 Å². The van der Waals surface area contributed by atoms with Crippen molar-refractivity contribution in [3.05, 3.63) is 38.8 Å². The molecule has 0 heterocycles. The minimum absolute atomic E-state index is 0.108. The lowest BCUT2D eigenvalue weighted by atomic mass is 9.94. The number of amides is 2. The Morgan fingerprint density at radius 2 is 1.61 bits per heavy atom. The van der Waals surface area contributed by atoms with Crippen molar-refractivity contribution in [2.45, 2.75) is 83.2 Å². The van der Waals surface area contributed by atoms with Crippen LogP contribution in [0.5, 0.6) is 0 Å². The van der Waals surface area contributed by atoms with Crippen LogP contribution in [0.25, 0.3) is 0 Å². The van der Waals surface area contributed by atoms with Crippen molar-refractivity contribution in [2.75, 3.05) is 5.32 Å². The summed E-state index contributed by atoms with van der Waals surface area (Å²) in [6.07, 6.45) is 8.70. The van der Waals surface area contributed by atoms with Gasteiger partial charge in [0.1, 0.15) is 11.1 Å². The van der Waals surface area contributed by atoms with Gasteiger partial charge < -0.3 is 10.7 Å². The molecule has 31 heavy (non-hydrogen) atoms. The maximum atomic E-state index is 14.7. The molecule has 0 saturated heterocycles. The molecule has 0 aromatic heterocycles. The van der Waals surface area contributed by atoms with Gasteiger partial charge in [-0.2, -0.15) is 0 Å². The quantitative estimate of drug-likeness (QED) is 0.583. The van der Waals surface area contributed by atoms with Crippen molar-refractivity contribution in [2.24, 2.45) is 0 Å². The Morgan fingerprint density at radius 3 is 2.26 bits per heavy atom. The molecule has 1 fully saturated rings. The Labute approximate surface area is 183 Å². The molecule has 3 aliphatic carbocycles. The van der Waals surface area contributed by atoms with E-state index in [1.165, 1.54) is 11.1 Å². The molecule has 0 spiro atoms. The van der Waals surface area contributed by atoms with Crippen molar-refractivity contribution in [1.29, 1.82) is 5.41 Å². The van der Waals surface area contributed by atoms with Gasteiger partial charge in [-0.1, -0.05) is 25.3 Å². The lowest BCUT2D eigenvalue weighted by Gasteiger charge is -2.20. The van der Waals surface area contributed by atoms with Gasteiger partial charge in [-0.25, -0.2) is 22.3 Å². The zero-order chi connectivity index (χ0) is 22.0. The van der Waals surface area contributed by atoms with Crippen LogP contribution in [0.1, 0.15) is 73.6 Å². The fraction of sp³-hybridized carbons (Fsp3) is 0.565. The fourth-order valence-corrected chi connectivity index (χ4v) is 6.36. The van der Waals surface area contributed by atoms with E-state index in [0.717, 1.165) is 68.2 Å². The number of aryl methyl sites for hydroxylation is 2. The Morgan fingerprint density at radius 1 is 0.968 bits per heavy atom. The molecule has 3 aliphatic rings. The highest BCUT2D eigenvalue weighted by Crippen LogP contribution is 2.38. The Kier molecular flexibility index (Phi) is 6.46. The third-order valence-electron chi connectivity index (χ3n) is 6.71. The van der Waals surface area contributed by atoms with Crippen LogP contribution >= 0.6 is 0 Å². The number of halogens is 1. The van der Waals surface area contributed by atoms with Gasteiger partial charge in [-0.15, -0.1) is 0 Å². The third kappa shape index (κ3) is 4.54. The highest BCUT2D eigenvalue weighted by atomic mass is 32.2. The summed E-state index contributed by atoms with van der Waals surface area (Å²) in [5, 5.41) is 10.4.